The third kappa shape index (κ3) is 4.05. The van der Waals surface area contributed by atoms with E-state index in [-0.39, 0.29) is 22.0 Å². The van der Waals surface area contributed by atoms with Crippen molar-refractivity contribution in [3.05, 3.63) is 54.2 Å². The van der Waals surface area contributed by atoms with Crippen molar-refractivity contribution in [2.24, 2.45) is 5.14 Å². The third-order valence-corrected chi connectivity index (χ3v) is 5.04. The topological polar surface area (TPSA) is 96.4 Å². The molecule has 0 radical (unpaired) electrons. The van der Waals surface area contributed by atoms with Gasteiger partial charge in [0.25, 0.3) is 0 Å². The number of nitrogens with zero attached hydrogens (tertiary/aromatic N) is 2. The van der Waals surface area contributed by atoms with Crippen LogP contribution in [0.3, 0.4) is 0 Å². The lowest BCUT2D eigenvalue weighted by molar-refractivity contribution is -0.141. The van der Waals surface area contributed by atoms with E-state index in [1.165, 1.54) is 56.7 Å². The van der Waals surface area contributed by atoms with Crippen LogP contribution in [-0.4, -0.2) is 32.4 Å². The minimum atomic E-state index is -4.74. The zero-order valence-corrected chi connectivity index (χ0v) is 16.1. The minimum Gasteiger partial charge on any atom is -0.493 e. The van der Waals surface area contributed by atoms with Gasteiger partial charge in [-0.25, -0.2) is 18.2 Å². The highest BCUT2D eigenvalue weighted by molar-refractivity contribution is 7.89. The molecule has 0 spiro atoms. The number of hydrogen-bond acceptors (Lipinski definition) is 5. The van der Waals surface area contributed by atoms with Crippen molar-refractivity contribution >= 4 is 10.0 Å². The number of alkyl halides is 3. The molecule has 0 aliphatic carbocycles. The highest BCUT2D eigenvalue weighted by Gasteiger charge is 2.36. The number of para-hydroxylation sites is 1. The Kier molecular flexibility index (Phi) is 5.28. The van der Waals surface area contributed by atoms with Crippen molar-refractivity contribution in [1.29, 1.82) is 0 Å². The molecule has 7 nitrogen and oxygen atoms in total. The van der Waals surface area contributed by atoms with E-state index < -0.39 is 21.9 Å². The van der Waals surface area contributed by atoms with Crippen molar-refractivity contribution in [2.75, 3.05) is 14.2 Å². The van der Waals surface area contributed by atoms with Gasteiger partial charge in [0.1, 0.15) is 4.90 Å². The molecule has 2 aromatic carbocycles. The number of aromatic nitrogens is 2. The fraction of sp³-hybridized carbons (Fsp3) is 0.167. The molecule has 3 aromatic rings. The predicted molar refractivity (Wildman–Crippen MR) is 98.5 cm³/mol. The average molecular weight is 427 g/mol. The Morgan fingerprint density at radius 3 is 2.24 bits per heavy atom. The number of hydrogen-bond donors (Lipinski definition) is 1. The molecule has 0 atom stereocenters. The summed E-state index contributed by atoms with van der Waals surface area (Å²) in [6.45, 7) is 0. The number of halogens is 3. The fourth-order valence-electron chi connectivity index (χ4n) is 2.78. The number of primary sulfonamides is 1. The van der Waals surface area contributed by atoms with E-state index in [2.05, 4.69) is 5.10 Å². The summed E-state index contributed by atoms with van der Waals surface area (Å²) in [5.41, 5.74) is -1.01. The Morgan fingerprint density at radius 1 is 1.00 bits per heavy atom. The predicted octanol–water partition coefficient (Wildman–Crippen LogP) is 3.22. The van der Waals surface area contributed by atoms with Crippen molar-refractivity contribution in [3.63, 3.8) is 0 Å². The van der Waals surface area contributed by atoms with E-state index in [4.69, 9.17) is 14.6 Å². The van der Waals surface area contributed by atoms with Gasteiger partial charge in [-0.2, -0.15) is 18.3 Å². The van der Waals surface area contributed by atoms with Crippen LogP contribution in [0.1, 0.15) is 5.69 Å². The Hall–Kier alpha value is -3.05. The minimum absolute atomic E-state index is 0.00521. The molecule has 0 saturated heterocycles. The summed E-state index contributed by atoms with van der Waals surface area (Å²) in [4.78, 5) is -0.362. The van der Waals surface area contributed by atoms with Gasteiger partial charge in [-0.1, -0.05) is 12.1 Å². The maximum atomic E-state index is 13.3. The van der Waals surface area contributed by atoms with Crippen molar-refractivity contribution in [2.45, 2.75) is 11.1 Å². The lowest BCUT2D eigenvalue weighted by Gasteiger charge is -2.13. The molecule has 0 saturated carbocycles. The molecule has 11 heteroatoms. The highest BCUT2D eigenvalue weighted by atomic mass is 32.2. The van der Waals surface area contributed by atoms with Crippen LogP contribution >= 0.6 is 0 Å². The van der Waals surface area contributed by atoms with Gasteiger partial charge in [-0.3, -0.25) is 0 Å². The molecular formula is C18H16F3N3O4S. The molecule has 0 amide bonds. The normalized spacial score (nSPS) is 12.1. The first-order valence-corrected chi connectivity index (χ1v) is 9.62. The van der Waals surface area contributed by atoms with Gasteiger partial charge in [0, 0.05) is 5.56 Å². The molecule has 154 valence electrons. The first kappa shape index (κ1) is 20.7. The summed E-state index contributed by atoms with van der Waals surface area (Å²) >= 11 is 0. The molecule has 0 unspecified atom stereocenters. The zero-order chi connectivity index (χ0) is 21.4. The molecule has 0 fully saturated rings. The Morgan fingerprint density at radius 2 is 1.66 bits per heavy atom. The Bertz CT molecular complexity index is 1160. The number of sulfonamides is 1. The van der Waals surface area contributed by atoms with Crippen LogP contribution < -0.4 is 14.6 Å². The zero-order valence-electron chi connectivity index (χ0n) is 15.3. The van der Waals surface area contributed by atoms with Crippen LogP contribution in [0, 0.1) is 0 Å². The van der Waals surface area contributed by atoms with E-state index >= 15 is 0 Å². The molecule has 2 N–H and O–H groups in total. The van der Waals surface area contributed by atoms with Crippen molar-refractivity contribution < 1.29 is 31.1 Å². The number of rotatable bonds is 5. The maximum absolute atomic E-state index is 13.3. The molecule has 29 heavy (non-hydrogen) atoms. The number of methoxy groups -OCH3 is 2. The number of ether oxygens (including phenoxy) is 2. The lowest BCUT2D eigenvalue weighted by atomic mass is 10.1. The van der Waals surface area contributed by atoms with Crippen LogP contribution in [0.25, 0.3) is 16.9 Å². The van der Waals surface area contributed by atoms with E-state index in [1.807, 2.05) is 0 Å². The summed E-state index contributed by atoms with van der Waals surface area (Å²) in [6.07, 6.45) is -4.74. The highest BCUT2D eigenvalue weighted by Crippen LogP contribution is 2.37. The average Bonchev–Trinajstić information content (AvgIpc) is 3.12. The number of benzene rings is 2. The van der Waals surface area contributed by atoms with E-state index in [9.17, 15) is 21.6 Å². The molecule has 3 rings (SSSR count). The largest absolute Gasteiger partial charge is 0.493 e. The maximum Gasteiger partial charge on any atom is 0.435 e. The third-order valence-electron chi connectivity index (χ3n) is 4.08. The van der Waals surface area contributed by atoms with Gasteiger partial charge in [-0.15, -0.1) is 0 Å². The molecule has 0 bridgehead atoms. The second kappa shape index (κ2) is 7.41. The summed E-state index contributed by atoms with van der Waals surface area (Å²) in [6, 6.07) is 10.7. The standard InChI is InChI=1S/C18H16F3N3O4S/c1-27-14-8-7-11(9-15(14)28-2)13-10-17(18(19,20)21)23-24(13)12-5-3-4-6-16(12)29(22,25)26/h3-10H,1-2H3,(H2,22,25,26). The second-order valence-corrected chi connectivity index (χ2v) is 7.44. The van der Waals surface area contributed by atoms with Gasteiger partial charge in [0.05, 0.1) is 25.6 Å². The first-order chi connectivity index (χ1) is 13.6. The SMILES string of the molecule is COc1ccc(-c2cc(C(F)(F)F)nn2-c2ccccc2S(N)(=O)=O)cc1OC. The van der Waals surface area contributed by atoms with Crippen molar-refractivity contribution in [3.8, 4) is 28.4 Å². The van der Waals surface area contributed by atoms with E-state index in [0.717, 1.165) is 10.7 Å². The Labute approximate surface area is 164 Å². The van der Waals surface area contributed by atoms with Gasteiger partial charge in [0.15, 0.2) is 17.2 Å². The van der Waals surface area contributed by atoms with Gasteiger partial charge in [0.2, 0.25) is 10.0 Å². The lowest BCUT2D eigenvalue weighted by Crippen LogP contribution is -2.16. The summed E-state index contributed by atoms with van der Waals surface area (Å²) in [7, 11) is -1.41. The van der Waals surface area contributed by atoms with E-state index in [1.54, 1.807) is 0 Å². The van der Waals surface area contributed by atoms with Crippen LogP contribution in [0.2, 0.25) is 0 Å². The quantitative estimate of drug-likeness (QED) is 0.675. The summed E-state index contributed by atoms with van der Waals surface area (Å²) in [5.74, 6) is 0.661. The van der Waals surface area contributed by atoms with Crippen LogP contribution in [-0.2, 0) is 16.2 Å². The van der Waals surface area contributed by atoms with Crippen LogP contribution in [0.5, 0.6) is 11.5 Å². The Balaban J connectivity index is 2.32. The first-order valence-electron chi connectivity index (χ1n) is 8.08. The molecule has 1 aromatic heterocycles. The summed E-state index contributed by atoms with van der Waals surface area (Å²) < 4.78 is 75.2. The van der Waals surface area contributed by atoms with Crippen LogP contribution in [0.15, 0.2) is 53.4 Å². The van der Waals surface area contributed by atoms with Gasteiger partial charge >= 0.3 is 6.18 Å². The fourth-order valence-corrected chi connectivity index (χ4v) is 3.49. The van der Waals surface area contributed by atoms with Crippen LogP contribution in [0.4, 0.5) is 13.2 Å². The van der Waals surface area contributed by atoms with E-state index in [0.29, 0.717) is 11.3 Å². The smallest absolute Gasteiger partial charge is 0.435 e. The molecule has 1 heterocycles. The number of nitrogens with two attached hydrogens (primary N) is 1. The summed E-state index contributed by atoms with van der Waals surface area (Å²) in [5, 5.41) is 8.83. The van der Waals surface area contributed by atoms with Gasteiger partial charge < -0.3 is 9.47 Å². The second-order valence-electron chi connectivity index (χ2n) is 5.91. The van der Waals surface area contributed by atoms with Gasteiger partial charge in [-0.05, 0) is 36.4 Å². The van der Waals surface area contributed by atoms with Crippen molar-refractivity contribution in [1.82, 2.24) is 9.78 Å². The molecule has 0 aliphatic rings. The molecular weight excluding hydrogens is 411 g/mol. The molecule has 0 aliphatic heterocycles. The monoisotopic (exact) mass is 427 g/mol.